The second-order valence-corrected chi connectivity index (χ2v) is 4.68. The quantitative estimate of drug-likeness (QED) is 0.771. The summed E-state index contributed by atoms with van der Waals surface area (Å²) in [5.74, 6) is -0.474. The molecule has 0 aliphatic carbocycles. The maximum Gasteiger partial charge on any atom is 0.360 e. The van der Waals surface area contributed by atoms with E-state index in [1.807, 2.05) is 0 Å². The first-order valence-electron chi connectivity index (χ1n) is 6.09. The minimum Gasteiger partial charge on any atom is -0.464 e. The summed E-state index contributed by atoms with van der Waals surface area (Å²) in [6.07, 6.45) is 4.66. The van der Waals surface area contributed by atoms with Gasteiger partial charge in [-0.25, -0.2) is 4.79 Å². The molecule has 2 rings (SSSR count). The number of hydrogen-bond donors (Lipinski definition) is 0. The van der Waals surface area contributed by atoms with Gasteiger partial charge in [-0.2, -0.15) is 0 Å². The van der Waals surface area contributed by atoms with Gasteiger partial charge in [0.15, 0.2) is 10.8 Å². The number of esters is 1. The number of halogens is 1. The monoisotopic (exact) mass is 269 g/mol. The number of rotatable bonds is 2. The van der Waals surface area contributed by atoms with Crippen LogP contribution in [0.1, 0.15) is 36.2 Å². The van der Waals surface area contributed by atoms with Gasteiger partial charge in [-0.15, -0.1) is 10.2 Å². The molecule has 1 fully saturated rings. The number of anilines is 1. The van der Waals surface area contributed by atoms with Crippen molar-refractivity contribution in [2.75, 3.05) is 25.1 Å². The minimum atomic E-state index is -0.474. The molecular weight excluding hydrogens is 254 g/mol. The lowest BCUT2D eigenvalue weighted by Gasteiger charge is -2.23. The summed E-state index contributed by atoms with van der Waals surface area (Å²) in [6, 6.07) is 1.69. The fourth-order valence-electron chi connectivity index (χ4n) is 2.15. The third kappa shape index (κ3) is 2.90. The molecule has 98 valence electrons. The zero-order chi connectivity index (χ0) is 13.0. The van der Waals surface area contributed by atoms with E-state index in [0.717, 1.165) is 31.6 Å². The summed E-state index contributed by atoms with van der Waals surface area (Å²) in [5, 5.41) is 7.87. The second kappa shape index (κ2) is 6.00. The third-order valence-corrected chi connectivity index (χ3v) is 3.25. The predicted octanol–water partition coefficient (Wildman–Crippen LogP) is 2.30. The standard InChI is InChI=1S/C12H16ClN3O2/c1-18-12(17)11-9(8-10(13)14-15-11)16-6-4-2-3-5-7-16/h8H,2-7H2,1H3. The Bertz CT molecular complexity index is 431. The van der Waals surface area contributed by atoms with Gasteiger partial charge in [0.2, 0.25) is 0 Å². The molecule has 0 bridgehead atoms. The maximum atomic E-state index is 11.7. The van der Waals surface area contributed by atoms with Crippen LogP contribution in [0.3, 0.4) is 0 Å². The van der Waals surface area contributed by atoms with E-state index in [4.69, 9.17) is 16.3 Å². The molecule has 0 unspecified atom stereocenters. The Labute approximate surface area is 111 Å². The molecule has 0 saturated carbocycles. The topological polar surface area (TPSA) is 55.3 Å². The third-order valence-electron chi connectivity index (χ3n) is 3.07. The Kier molecular flexibility index (Phi) is 4.36. The van der Waals surface area contributed by atoms with Crippen molar-refractivity contribution in [1.82, 2.24) is 10.2 Å². The van der Waals surface area contributed by atoms with Gasteiger partial charge in [0, 0.05) is 19.2 Å². The van der Waals surface area contributed by atoms with Gasteiger partial charge >= 0.3 is 5.97 Å². The van der Waals surface area contributed by atoms with Crippen LogP contribution in [0, 0.1) is 0 Å². The highest BCUT2D eigenvalue weighted by Gasteiger charge is 2.21. The molecule has 0 atom stereocenters. The van der Waals surface area contributed by atoms with Crippen molar-refractivity contribution in [2.45, 2.75) is 25.7 Å². The molecule has 1 aromatic heterocycles. The van der Waals surface area contributed by atoms with Crippen LogP contribution in [0.5, 0.6) is 0 Å². The highest BCUT2D eigenvalue weighted by atomic mass is 35.5. The molecule has 0 N–H and O–H groups in total. The molecule has 0 radical (unpaired) electrons. The van der Waals surface area contributed by atoms with Gasteiger partial charge in [-0.3, -0.25) is 0 Å². The number of nitrogens with zero attached hydrogens (tertiary/aromatic N) is 3. The van der Waals surface area contributed by atoms with Crippen LogP contribution in [-0.2, 0) is 4.74 Å². The number of ether oxygens (including phenoxy) is 1. The fraction of sp³-hybridized carbons (Fsp3) is 0.583. The number of carbonyl (C=O) groups excluding carboxylic acids is 1. The number of aromatic nitrogens is 2. The van der Waals surface area contributed by atoms with Crippen molar-refractivity contribution in [3.63, 3.8) is 0 Å². The van der Waals surface area contributed by atoms with E-state index in [-0.39, 0.29) is 5.69 Å². The molecule has 1 aliphatic rings. The van der Waals surface area contributed by atoms with Crippen LogP contribution < -0.4 is 4.90 Å². The maximum absolute atomic E-state index is 11.7. The van der Waals surface area contributed by atoms with Gasteiger partial charge in [-0.1, -0.05) is 24.4 Å². The van der Waals surface area contributed by atoms with Gasteiger partial charge in [-0.05, 0) is 12.8 Å². The molecule has 1 aromatic rings. The first kappa shape index (κ1) is 13.1. The van der Waals surface area contributed by atoms with Gasteiger partial charge in [0.1, 0.15) is 0 Å². The van der Waals surface area contributed by atoms with Gasteiger partial charge in [0.25, 0.3) is 0 Å². The molecule has 0 aromatic carbocycles. The first-order chi connectivity index (χ1) is 8.72. The Morgan fingerprint density at radius 1 is 1.28 bits per heavy atom. The number of methoxy groups -OCH3 is 1. The summed E-state index contributed by atoms with van der Waals surface area (Å²) in [5.41, 5.74) is 0.965. The van der Waals surface area contributed by atoms with Crippen LogP contribution in [0.15, 0.2) is 6.07 Å². The average Bonchev–Trinajstić information content (AvgIpc) is 2.66. The lowest BCUT2D eigenvalue weighted by atomic mass is 10.2. The lowest BCUT2D eigenvalue weighted by Crippen LogP contribution is -2.27. The summed E-state index contributed by atoms with van der Waals surface area (Å²) < 4.78 is 4.73. The molecule has 1 aliphatic heterocycles. The Morgan fingerprint density at radius 2 is 1.94 bits per heavy atom. The van der Waals surface area contributed by atoms with Crippen LogP contribution in [0.2, 0.25) is 5.15 Å². The SMILES string of the molecule is COC(=O)c1nnc(Cl)cc1N1CCCCCC1. The van der Waals surface area contributed by atoms with Crippen molar-refractivity contribution in [2.24, 2.45) is 0 Å². The molecule has 18 heavy (non-hydrogen) atoms. The van der Waals surface area contributed by atoms with E-state index in [0.29, 0.717) is 5.15 Å². The zero-order valence-electron chi connectivity index (χ0n) is 10.4. The molecule has 6 heteroatoms. The molecule has 1 saturated heterocycles. The van der Waals surface area contributed by atoms with Crippen molar-refractivity contribution < 1.29 is 9.53 Å². The summed E-state index contributed by atoms with van der Waals surface area (Å²) in [7, 11) is 1.34. The molecule has 0 amide bonds. The highest BCUT2D eigenvalue weighted by molar-refractivity contribution is 6.29. The van der Waals surface area contributed by atoms with Crippen LogP contribution in [0.25, 0.3) is 0 Å². The molecule has 0 spiro atoms. The largest absolute Gasteiger partial charge is 0.464 e. The normalized spacial score (nSPS) is 16.2. The second-order valence-electron chi connectivity index (χ2n) is 4.29. The first-order valence-corrected chi connectivity index (χ1v) is 6.46. The van der Waals surface area contributed by atoms with E-state index >= 15 is 0 Å². The smallest absolute Gasteiger partial charge is 0.360 e. The number of hydrogen-bond acceptors (Lipinski definition) is 5. The Balaban J connectivity index is 2.33. The summed E-state index contributed by atoms with van der Waals surface area (Å²) in [4.78, 5) is 13.8. The van der Waals surface area contributed by atoms with E-state index in [9.17, 15) is 4.79 Å². The number of carbonyl (C=O) groups is 1. The fourth-order valence-corrected chi connectivity index (χ4v) is 2.29. The van der Waals surface area contributed by atoms with Gasteiger partial charge < -0.3 is 9.64 Å². The van der Waals surface area contributed by atoms with E-state index in [2.05, 4.69) is 15.1 Å². The van der Waals surface area contributed by atoms with Crippen LogP contribution >= 0.6 is 11.6 Å². The predicted molar refractivity (Wildman–Crippen MR) is 69.1 cm³/mol. The van der Waals surface area contributed by atoms with E-state index in [1.165, 1.54) is 20.0 Å². The highest BCUT2D eigenvalue weighted by Crippen LogP contribution is 2.24. The summed E-state index contributed by atoms with van der Waals surface area (Å²) >= 11 is 5.87. The average molecular weight is 270 g/mol. The van der Waals surface area contributed by atoms with Gasteiger partial charge in [0.05, 0.1) is 12.8 Å². The molecular formula is C12H16ClN3O2. The van der Waals surface area contributed by atoms with Crippen molar-refractivity contribution >= 4 is 23.3 Å². The Hall–Kier alpha value is -1.36. The molecule has 2 heterocycles. The van der Waals surface area contributed by atoms with E-state index in [1.54, 1.807) is 6.07 Å². The van der Waals surface area contributed by atoms with Crippen LogP contribution in [0.4, 0.5) is 5.69 Å². The Morgan fingerprint density at radius 3 is 2.56 bits per heavy atom. The molecule has 5 nitrogen and oxygen atoms in total. The van der Waals surface area contributed by atoms with Crippen molar-refractivity contribution in [3.8, 4) is 0 Å². The van der Waals surface area contributed by atoms with Crippen molar-refractivity contribution in [3.05, 3.63) is 16.9 Å². The zero-order valence-corrected chi connectivity index (χ0v) is 11.1. The minimum absolute atomic E-state index is 0.240. The van der Waals surface area contributed by atoms with Crippen LogP contribution in [-0.4, -0.2) is 36.4 Å². The van der Waals surface area contributed by atoms with E-state index < -0.39 is 5.97 Å². The lowest BCUT2D eigenvalue weighted by molar-refractivity contribution is 0.0593. The summed E-state index contributed by atoms with van der Waals surface area (Å²) in [6.45, 7) is 1.82. The van der Waals surface area contributed by atoms with Crippen molar-refractivity contribution in [1.29, 1.82) is 0 Å².